The Morgan fingerprint density at radius 1 is 1.18 bits per heavy atom. The lowest BCUT2D eigenvalue weighted by molar-refractivity contribution is 0.00578. The van der Waals surface area contributed by atoms with Gasteiger partial charge in [-0.2, -0.15) is 28.0 Å². The Morgan fingerprint density at radius 2 is 1.82 bits per heavy atom. The molecule has 0 saturated carbocycles. The molecule has 1 aromatic heterocycles. The van der Waals surface area contributed by atoms with Crippen LogP contribution >= 0.6 is 12.6 Å². The first kappa shape index (κ1) is 15.6. The van der Waals surface area contributed by atoms with E-state index in [1.807, 2.05) is 52.0 Å². The van der Waals surface area contributed by atoms with Gasteiger partial charge in [-0.15, -0.1) is 0 Å². The molecule has 5 nitrogen and oxygen atoms in total. The van der Waals surface area contributed by atoms with E-state index in [1.54, 1.807) is 0 Å². The maximum Gasteiger partial charge on any atom is 0.491 e. The molecular weight excluding hydrogens is 297 g/mol. The molecule has 1 aromatic carbocycles. The second-order valence-electron chi connectivity index (χ2n) is 6.54. The van der Waals surface area contributed by atoms with Gasteiger partial charge in [-0.05, 0) is 50.9 Å². The van der Waals surface area contributed by atoms with Crippen LogP contribution in [0.1, 0.15) is 33.3 Å². The van der Waals surface area contributed by atoms with Crippen LogP contribution in [0.4, 0.5) is 0 Å². The van der Waals surface area contributed by atoms with Gasteiger partial charge in [0.2, 0.25) is 0 Å². The monoisotopic (exact) mass is 317 g/mol. The largest absolute Gasteiger partial charge is 0.491 e. The summed E-state index contributed by atoms with van der Waals surface area (Å²) in [4.78, 5) is 0. The fraction of sp³-hybridized carbons (Fsp3) is 0.467. The normalized spacial score (nSPS) is 20.8. The van der Waals surface area contributed by atoms with E-state index in [2.05, 4.69) is 28.0 Å². The molecule has 1 aliphatic rings. The number of aromatic amines is 1. The number of thiol groups is 1. The van der Waals surface area contributed by atoms with Crippen LogP contribution in [0.3, 0.4) is 0 Å². The molecule has 1 fully saturated rings. The van der Waals surface area contributed by atoms with Crippen LogP contribution in [0.25, 0.3) is 17.1 Å². The third-order valence-corrected chi connectivity index (χ3v) is 4.80. The minimum Gasteiger partial charge on any atom is -0.400 e. The van der Waals surface area contributed by atoms with Gasteiger partial charge in [0.15, 0.2) is 0 Å². The van der Waals surface area contributed by atoms with E-state index in [4.69, 9.17) is 9.31 Å². The molecule has 116 valence electrons. The Hall–Kier alpha value is -1.31. The number of hydrogen-bond donors (Lipinski definition) is 2. The Morgan fingerprint density at radius 3 is 2.45 bits per heavy atom. The van der Waals surface area contributed by atoms with Crippen LogP contribution in [0.2, 0.25) is 0 Å². The summed E-state index contributed by atoms with van der Waals surface area (Å²) in [5.74, 6) is 0.563. The van der Waals surface area contributed by atoms with Gasteiger partial charge in [0.05, 0.1) is 11.2 Å². The molecule has 1 N–H and O–H groups in total. The molecule has 22 heavy (non-hydrogen) atoms. The predicted molar refractivity (Wildman–Crippen MR) is 91.8 cm³/mol. The van der Waals surface area contributed by atoms with Crippen LogP contribution < -0.4 is 0 Å². The first-order valence-electron chi connectivity index (χ1n) is 7.30. The second kappa shape index (κ2) is 5.40. The summed E-state index contributed by atoms with van der Waals surface area (Å²) in [5, 5.41) is 10.8. The highest BCUT2D eigenvalue weighted by Crippen LogP contribution is 2.39. The van der Waals surface area contributed by atoms with Crippen molar-refractivity contribution in [1.82, 2.24) is 15.4 Å². The number of benzene rings is 1. The van der Waals surface area contributed by atoms with E-state index in [0.717, 1.165) is 22.1 Å². The van der Waals surface area contributed by atoms with E-state index in [1.165, 1.54) is 0 Å². The van der Waals surface area contributed by atoms with Gasteiger partial charge in [0.1, 0.15) is 11.0 Å². The predicted octanol–water partition coefficient (Wildman–Crippen LogP) is 2.90. The zero-order valence-corrected chi connectivity index (χ0v) is 14.1. The number of H-pyrrole nitrogens is 1. The number of fused-ring (bicyclic) bond motifs is 1. The maximum absolute atomic E-state index is 6.09. The van der Waals surface area contributed by atoms with Gasteiger partial charge in [0, 0.05) is 5.75 Å². The van der Waals surface area contributed by atoms with Crippen LogP contribution in [0, 0.1) is 0 Å². The van der Waals surface area contributed by atoms with E-state index < -0.39 is 0 Å². The summed E-state index contributed by atoms with van der Waals surface area (Å²) in [7, 11) is -0.379. The number of aromatic nitrogens is 3. The summed E-state index contributed by atoms with van der Waals surface area (Å²) in [6.45, 7) is 8.18. The van der Waals surface area contributed by atoms with Gasteiger partial charge < -0.3 is 9.31 Å². The second-order valence-corrected chi connectivity index (χ2v) is 6.85. The molecule has 2 heterocycles. The van der Waals surface area contributed by atoms with E-state index in [9.17, 15) is 0 Å². The highest BCUT2D eigenvalue weighted by molar-refractivity contribution is 7.80. The maximum atomic E-state index is 6.09. The molecule has 0 unspecified atom stereocenters. The van der Waals surface area contributed by atoms with Gasteiger partial charge in [-0.1, -0.05) is 12.1 Å². The van der Waals surface area contributed by atoms with E-state index >= 15 is 0 Å². The van der Waals surface area contributed by atoms with E-state index in [-0.39, 0.29) is 18.3 Å². The summed E-state index contributed by atoms with van der Waals surface area (Å²) in [5.41, 5.74) is 3.00. The third-order valence-electron chi connectivity index (χ3n) is 4.43. The van der Waals surface area contributed by atoms with Gasteiger partial charge >= 0.3 is 7.12 Å². The van der Waals surface area contributed by atoms with Crippen molar-refractivity contribution in [3.05, 3.63) is 29.2 Å². The fourth-order valence-corrected chi connectivity index (χ4v) is 2.58. The minimum absolute atomic E-state index is 0.351. The summed E-state index contributed by atoms with van der Waals surface area (Å²) in [6, 6.07) is 5.91. The molecule has 0 aliphatic carbocycles. The van der Waals surface area contributed by atoms with Crippen molar-refractivity contribution in [2.75, 3.05) is 5.75 Å². The Bertz CT molecular complexity index is 710. The van der Waals surface area contributed by atoms with Crippen molar-refractivity contribution in [1.29, 1.82) is 0 Å². The van der Waals surface area contributed by atoms with Gasteiger partial charge in [-0.3, -0.25) is 0 Å². The van der Waals surface area contributed by atoms with E-state index in [0.29, 0.717) is 5.75 Å². The smallest absolute Gasteiger partial charge is 0.400 e. The molecule has 1 saturated heterocycles. The average Bonchev–Trinajstić information content (AvgIpc) is 2.98. The van der Waals surface area contributed by atoms with Crippen LogP contribution in [0.5, 0.6) is 0 Å². The molecule has 0 atom stereocenters. The zero-order valence-electron chi connectivity index (χ0n) is 13.3. The number of nitrogens with zero attached hydrogens (tertiary/aromatic N) is 2. The number of rotatable bonds is 3. The SMILES string of the molecule is CC1(C)OB(C(=Cc2ccc3n[nH]nc3c2)CS)OC1(C)C. The third kappa shape index (κ3) is 2.68. The summed E-state index contributed by atoms with van der Waals surface area (Å²) >= 11 is 4.43. The minimum atomic E-state index is -0.379. The molecular formula is C15H20BN3O2S. The lowest BCUT2D eigenvalue weighted by Crippen LogP contribution is -2.41. The zero-order chi connectivity index (χ0) is 16.0. The van der Waals surface area contributed by atoms with Crippen molar-refractivity contribution in [2.24, 2.45) is 0 Å². The molecule has 3 rings (SSSR count). The lowest BCUT2D eigenvalue weighted by Gasteiger charge is -2.32. The summed E-state index contributed by atoms with van der Waals surface area (Å²) < 4.78 is 12.2. The quantitative estimate of drug-likeness (QED) is 0.675. The molecule has 7 heteroatoms. The van der Waals surface area contributed by atoms with Crippen molar-refractivity contribution < 1.29 is 9.31 Å². The first-order valence-corrected chi connectivity index (χ1v) is 7.93. The molecule has 0 spiro atoms. The molecule has 0 bridgehead atoms. The summed E-state index contributed by atoms with van der Waals surface area (Å²) in [6.07, 6.45) is 2.04. The van der Waals surface area contributed by atoms with Crippen LogP contribution in [0.15, 0.2) is 23.7 Å². The Kier molecular flexibility index (Phi) is 3.83. The average molecular weight is 317 g/mol. The van der Waals surface area contributed by atoms with Gasteiger partial charge in [-0.25, -0.2) is 0 Å². The van der Waals surface area contributed by atoms with Gasteiger partial charge in [0.25, 0.3) is 0 Å². The highest BCUT2D eigenvalue weighted by atomic mass is 32.1. The Labute approximate surface area is 136 Å². The highest BCUT2D eigenvalue weighted by Gasteiger charge is 2.52. The fourth-order valence-electron chi connectivity index (χ4n) is 2.34. The van der Waals surface area contributed by atoms with Crippen LogP contribution in [-0.4, -0.2) is 39.5 Å². The number of hydrogen-bond acceptors (Lipinski definition) is 5. The standard InChI is InChI=1S/C15H20BN3O2S/c1-14(2)15(3,4)21-16(20-14)11(9-22)7-10-5-6-12-13(8-10)18-19-17-12/h5-8,22H,9H2,1-4H3,(H,17,18,19). The van der Waals surface area contributed by atoms with Crippen molar-refractivity contribution in [3.8, 4) is 0 Å². The van der Waals surface area contributed by atoms with Crippen molar-refractivity contribution >= 4 is 36.9 Å². The van der Waals surface area contributed by atoms with Crippen molar-refractivity contribution in [2.45, 2.75) is 38.9 Å². The lowest BCUT2D eigenvalue weighted by atomic mass is 9.78. The van der Waals surface area contributed by atoms with Crippen molar-refractivity contribution in [3.63, 3.8) is 0 Å². The number of nitrogens with one attached hydrogen (secondary N) is 1. The first-order chi connectivity index (χ1) is 10.3. The van der Waals surface area contributed by atoms with Crippen LogP contribution in [-0.2, 0) is 9.31 Å². The molecule has 0 radical (unpaired) electrons. The molecule has 1 aliphatic heterocycles. The topological polar surface area (TPSA) is 60.0 Å². The Balaban J connectivity index is 1.90. The molecule has 2 aromatic rings. The molecule has 0 amide bonds.